The van der Waals surface area contributed by atoms with Gasteiger partial charge in [0, 0.05) is 36.7 Å². The van der Waals surface area contributed by atoms with Crippen molar-refractivity contribution in [3.05, 3.63) is 64.8 Å². The standard InChI is InChI=1S/C27H29N3O5/c1-27(2,3)35-25(32)17-8-6-16(7-9-17)13-30-21-11-10-18(34-5)12-19(21)23-20-14-29(15-22(23)30)26(33)28(4)24(20)31/h6-12,20H,13-15H2,1-5H3. The molecule has 5 rings (SSSR count). The van der Waals surface area contributed by atoms with Gasteiger partial charge in [-0.05, 0) is 62.2 Å². The summed E-state index contributed by atoms with van der Waals surface area (Å²) in [6.45, 7) is 6.87. The molecule has 8 nitrogen and oxygen atoms in total. The largest absolute Gasteiger partial charge is 0.497 e. The van der Waals surface area contributed by atoms with Gasteiger partial charge < -0.3 is 18.9 Å². The molecule has 1 fully saturated rings. The molecule has 0 aliphatic carbocycles. The number of urea groups is 1. The fourth-order valence-corrected chi connectivity index (χ4v) is 4.99. The van der Waals surface area contributed by atoms with E-state index >= 15 is 0 Å². The third-order valence-corrected chi connectivity index (χ3v) is 6.63. The Hall–Kier alpha value is -3.81. The van der Waals surface area contributed by atoms with Crippen LogP contribution in [0.3, 0.4) is 0 Å². The smallest absolute Gasteiger partial charge is 0.338 e. The number of benzene rings is 2. The number of nitrogens with zero attached hydrogens (tertiary/aromatic N) is 3. The molecule has 2 aromatic carbocycles. The van der Waals surface area contributed by atoms with E-state index < -0.39 is 11.5 Å². The van der Waals surface area contributed by atoms with E-state index in [0.717, 1.165) is 27.7 Å². The van der Waals surface area contributed by atoms with Crippen LogP contribution in [0.5, 0.6) is 5.75 Å². The number of imide groups is 1. The number of aromatic nitrogens is 1. The predicted molar refractivity (Wildman–Crippen MR) is 131 cm³/mol. The number of esters is 1. The molecule has 0 N–H and O–H groups in total. The van der Waals surface area contributed by atoms with Crippen LogP contribution >= 0.6 is 0 Å². The Morgan fingerprint density at radius 3 is 2.46 bits per heavy atom. The molecule has 3 amide bonds. The first-order valence-electron chi connectivity index (χ1n) is 11.6. The van der Waals surface area contributed by atoms with Crippen LogP contribution in [-0.4, -0.2) is 58.6 Å². The van der Waals surface area contributed by atoms with Gasteiger partial charge in [0.25, 0.3) is 0 Å². The second-order valence-electron chi connectivity index (χ2n) is 10.1. The number of methoxy groups -OCH3 is 1. The summed E-state index contributed by atoms with van der Waals surface area (Å²) in [6, 6.07) is 13.0. The highest BCUT2D eigenvalue weighted by molar-refractivity contribution is 6.04. The number of fused-ring (bicyclic) bond motifs is 6. The summed E-state index contributed by atoms with van der Waals surface area (Å²) >= 11 is 0. The normalized spacial score (nSPS) is 17.6. The molecular weight excluding hydrogens is 446 g/mol. The van der Waals surface area contributed by atoms with Gasteiger partial charge in [0.2, 0.25) is 5.91 Å². The molecule has 2 aliphatic rings. The van der Waals surface area contributed by atoms with Crippen LogP contribution in [0.4, 0.5) is 4.79 Å². The van der Waals surface area contributed by atoms with Crippen LogP contribution < -0.4 is 4.74 Å². The Morgan fingerprint density at radius 2 is 1.80 bits per heavy atom. The van der Waals surface area contributed by atoms with Gasteiger partial charge in [-0.3, -0.25) is 9.69 Å². The molecule has 3 heterocycles. The number of rotatable bonds is 4. The highest BCUT2D eigenvalue weighted by Gasteiger charge is 2.44. The summed E-state index contributed by atoms with van der Waals surface area (Å²) in [5.74, 6) is -0.237. The van der Waals surface area contributed by atoms with E-state index in [4.69, 9.17) is 9.47 Å². The number of hydrogen-bond acceptors (Lipinski definition) is 5. The number of carbonyl (C=O) groups excluding carboxylic acids is 3. The lowest BCUT2D eigenvalue weighted by molar-refractivity contribution is -0.132. The lowest BCUT2D eigenvalue weighted by Gasteiger charge is -2.41. The maximum Gasteiger partial charge on any atom is 0.338 e. The van der Waals surface area contributed by atoms with Crippen molar-refractivity contribution in [2.75, 3.05) is 20.7 Å². The maximum atomic E-state index is 13.1. The molecule has 182 valence electrons. The van der Waals surface area contributed by atoms with Gasteiger partial charge in [0.1, 0.15) is 11.4 Å². The SMILES string of the molecule is COc1ccc2c(c1)c1c(n2Cc2ccc(C(=O)OC(C)(C)C)cc2)CN2CC1C(=O)N(C)C2=O. The first kappa shape index (κ1) is 23.0. The Balaban J connectivity index is 1.56. The fraction of sp³-hybridized carbons (Fsp3) is 0.370. The molecule has 1 unspecified atom stereocenters. The third-order valence-electron chi connectivity index (χ3n) is 6.63. The molecule has 0 saturated carbocycles. The van der Waals surface area contributed by atoms with Crippen LogP contribution in [0.25, 0.3) is 10.9 Å². The van der Waals surface area contributed by atoms with Crippen molar-refractivity contribution in [1.82, 2.24) is 14.4 Å². The van der Waals surface area contributed by atoms with Gasteiger partial charge in [-0.1, -0.05) is 12.1 Å². The zero-order chi connectivity index (χ0) is 25.1. The fourth-order valence-electron chi connectivity index (χ4n) is 4.99. The molecule has 0 radical (unpaired) electrons. The summed E-state index contributed by atoms with van der Waals surface area (Å²) in [7, 11) is 3.16. The second kappa shape index (κ2) is 8.15. The van der Waals surface area contributed by atoms with E-state index in [2.05, 4.69) is 4.57 Å². The predicted octanol–water partition coefficient (Wildman–Crippen LogP) is 4.14. The van der Waals surface area contributed by atoms with Crippen molar-refractivity contribution in [2.24, 2.45) is 0 Å². The Morgan fingerprint density at radius 1 is 1.09 bits per heavy atom. The first-order valence-corrected chi connectivity index (χ1v) is 11.6. The summed E-state index contributed by atoms with van der Waals surface area (Å²) in [6.07, 6.45) is 0. The first-order chi connectivity index (χ1) is 16.6. The lowest BCUT2D eigenvalue weighted by Crippen LogP contribution is -2.56. The molecular formula is C27H29N3O5. The number of amides is 3. The molecule has 8 heteroatoms. The molecule has 3 aromatic rings. The summed E-state index contributed by atoms with van der Waals surface area (Å²) < 4.78 is 13.1. The van der Waals surface area contributed by atoms with Crippen molar-refractivity contribution >= 4 is 28.8 Å². The van der Waals surface area contributed by atoms with Crippen molar-refractivity contribution in [2.45, 2.75) is 45.4 Å². The average molecular weight is 476 g/mol. The third kappa shape index (κ3) is 3.92. The maximum absolute atomic E-state index is 13.1. The van der Waals surface area contributed by atoms with Crippen molar-refractivity contribution in [3.8, 4) is 5.75 Å². The Labute approximate surface area is 204 Å². The quantitative estimate of drug-likeness (QED) is 0.530. The van der Waals surface area contributed by atoms with Crippen LogP contribution in [-0.2, 0) is 22.6 Å². The minimum Gasteiger partial charge on any atom is -0.497 e. The van der Waals surface area contributed by atoms with Crippen LogP contribution in [0.1, 0.15) is 53.9 Å². The van der Waals surface area contributed by atoms with Gasteiger partial charge in [-0.25, -0.2) is 9.59 Å². The molecule has 1 aromatic heterocycles. The zero-order valence-electron chi connectivity index (χ0n) is 20.6. The monoisotopic (exact) mass is 475 g/mol. The van der Waals surface area contributed by atoms with Crippen molar-refractivity contribution in [3.63, 3.8) is 0 Å². The average Bonchev–Trinajstić information content (AvgIpc) is 3.13. The topological polar surface area (TPSA) is 81.1 Å². The highest BCUT2D eigenvalue weighted by atomic mass is 16.6. The summed E-state index contributed by atoms with van der Waals surface area (Å²) in [5.41, 5.74) is 3.82. The molecule has 35 heavy (non-hydrogen) atoms. The van der Waals surface area contributed by atoms with E-state index in [9.17, 15) is 14.4 Å². The molecule has 1 saturated heterocycles. The van der Waals surface area contributed by atoms with E-state index in [-0.39, 0.29) is 17.9 Å². The molecule has 2 aliphatic heterocycles. The number of likely N-dealkylation sites (N-methyl/N-ethyl adjacent to an activating group) is 1. The Bertz CT molecular complexity index is 1350. The number of ether oxygens (including phenoxy) is 2. The molecule has 1 atom stereocenters. The minimum atomic E-state index is -0.559. The van der Waals surface area contributed by atoms with Gasteiger partial charge in [-0.15, -0.1) is 0 Å². The van der Waals surface area contributed by atoms with Gasteiger partial charge in [0.15, 0.2) is 0 Å². The molecule has 2 bridgehead atoms. The van der Waals surface area contributed by atoms with E-state index in [1.54, 1.807) is 31.2 Å². The number of carbonyl (C=O) groups is 3. The van der Waals surface area contributed by atoms with E-state index in [0.29, 0.717) is 30.9 Å². The summed E-state index contributed by atoms with van der Waals surface area (Å²) in [4.78, 5) is 41.1. The highest BCUT2D eigenvalue weighted by Crippen LogP contribution is 2.41. The van der Waals surface area contributed by atoms with Crippen LogP contribution in [0.15, 0.2) is 42.5 Å². The van der Waals surface area contributed by atoms with Gasteiger partial charge in [-0.2, -0.15) is 0 Å². The molecule has 0 spiro atoms. The lowest BCUT2D eigenvalue weighted by atomic mass is 9.89. The van der Waals surface area contributed by atoms with E-state index in [1.807, 2.05) is 51.1 Å². The van der Waals surface area contributed by atoms with E-state index in [1.165, 1.54) is 4.90 Å². The van der Waals surface area contributed by atoms with Crippen molar-refractivity contribution in [1.29, 1.82) is 0 Å². The zero-order valence-corrected chi connectivity index (χ0v) is 20.6. The summed E-state index contributed by atoms with van der Waals surface area (Å²) in [5, 5.41) is 0.963. The van der Waals surface area contributed by atoms with Crippen LogP contribution in [0.2, 0.25) is 0 Å². The second-order valence-corrected chi connectivity index (χ2v) is 10.1. The van der Waals surface area contributed by atoms with Gasteiger partial charge in [0.05, 0.1) is 25.1 Å². The van der Waals surface area contributed by atoms with Gasteiger partial charge >= 0.3 is 12.0 Å². The Kier molecular flexibility index (Phi) is 5.34. The number of hydrogen-bond donors (Lipinski definition) is 0. The van der Waals surface area contributed by atoms with Crippen LogP contribution in [0, 0.1) is 0 Å². The minimum absolute atomic E-state index is 0.184. The van der Waals surface area contributed by atoms with Crippen molar-refractivity contribution < 1.29 is 23.9 Å².